The lowest BCUT2D eigenvalue weighted by Gasteiger charge is -2.38. The third-order valence-electron chi connectivity index (χ3n) is 5.61. The number of hydrogen-bond donors (Lipinski definition) is 1. The van der Waals surface area contributed by atoms with E-state index in [2.05, 4.69) is 37.9 Å². The zero-order valence-electron chi connectivity index (χ0n) is 14.3. The number of rotatable bonds is 4. The monoisotopic (exact) mass is 280 g/mol. The second-order valence-electron chi connectivity index (χ2n) is 8.23. The predicted molar refractivity (Wildman–Crippen MR) is 88.1 cm³/mol. The van der Waals surface area contributed by atoms with Crippen molar-refractivity contribution in [2.24, 2.45) is 11.3 Å². The van der Waals surface area contributed by atoms with Crippen LogP contribution in [0.4, 0.5) is 0 Å². The van der Waals surface area contributed by atoms with Crippen molar-refractivity contribution in [3.05, 3.63) is 0 Å². The van der Waals surface area contributed by atoms with Crippen molar-refractivity contribution in [3.8, 4) is 0 Å². The Morgan fingerprint density at radius 3 is 2.40 bits per heavy atom. The molecule has 0 spiro atoms. The van der Waals surface area contributed by atoms with E-state index < -0.39 is 0 Å². The Morgan fingerprint density at radius 1 is 1.05 bits per heavy atom. The maximum absolute atomic E-state index is 3.50. The molecule has 1 saturated heterocycles. The lowest BCUT2D eigenvalue weighted by Crippen LogP contribution is -2.45. The molecule has 0 bridgehead atoms. The van der Waals surface area contributed by atoms with Gasteiger partial charge in [-0.05, 0) is 76.8 Å². The van der Waals surface area contributed by atoms with Gasteiger partial charge in [-0.3, -0.25) is 4.90 Å². The van der Waals surface area contributed by atoms with Gasteiger partial charge in [-0.25, -0.2) is 0 Å². The quantitative estimate of drug-likeness (QED) is 0.781. The van der Waals surface area contributed by atoms with E-state index >= 15 is 0 Å². The van der Waals surface area contributed by atoms with Gasteiger partial charge in [-0.15, -0.1) is 0 Å². The first-order chi connectivity index (χ1) is 9.48. The van der Waals surface area contributed by atoms with Crippen LogP contribution in [0.25, 0.3) is 0 Å². The van der Waals surface area contributed by atoms with Gasteiger partial charge >= 0.3 is 0 Å². The third kappa shape index (κ3) is 4.73. The predicted octanol–water partition coefficient (Wildman–Crippen LogP) is 4.06. The lowest BCUT2D eigenvalue weighted by molar-refractivity contribution is 0.104. The minimum Gasteiger partial charge on any atom is -0.317 e. The van der Waals surface area contributed by atoms with E-state index in [4.69, 9.17) is 0 Å². The van der Waals surface area contributed by atoms with Crippen molar-refractivity contribution < 1.29 is 0 Å². The smallest absolute Gasteiger partial charge is 0.00982 e. The maximum atomic E-state index is 3.50. The number of piperidine rings is 1. The van der Waals surface area contributed by atoms with Gasteiger partial charge in [-0.1, -0.05) is 20.3 Å². The molecule has 118 valence electrons. The first-order valence-electron chi connectivity index (χ1n) is 8.94. The van der Waals surface area contributed by atoms with E-state index in [1.807, 2.05) is 0 Å². The van der Waals surface area contributed by atoms with E-state index in [-0.39, 0.29) is 0 Å². The summed E-state index contributed by atoms with van der Waals surface area (Å²) in [6, 6.07) is 1.54. The van der Waals surface area contributed by atoms with E-state index in [0.717, 1.165) is 12.0 Å². The van der Waals surface area contributed by atoms with Crippen molar-refractivity contribution >= 4 is 0 Å². The summed E-state index contributed by atoms with van der Waals surface area (Å²) >= 11 is 0. The highest BCUT2D eigenvalue weighted by Gasteiger charge is 2.30. The van der Waals surface area contributed by atoms with Crippen LogP contribution in [0.2, 0.25) is 0 Å². The van der Waals surface area contributed by atoms with Gasteiger partial charge in [0, 0.05) is 18.6 Å². The molecule has 0 aromatic carbocycles. The minimum atomic E-state index is 0.576. The van der Waals surface area contributed by atoms with Crippen molar-refractivity contribution in [2.45, 2.75) is 84.7 Å². The van der Waals surface area contributed by atoms with Gasteiger partial charge in [-0.2, -0.15) is 0 Å². The Balaban J connectivity index is 1.93. The molecule has 2 rings (SSSR count). The fourth-order valence-electron chi connectivity index (χ4n) is 4.12. The topological polar surface area (TPSA) is 15.3 Å². The second-order valence-corrected chi connectivity index (χ2v) is 8.23. The SMILES string of the molecule is CC(C)N(CC1CCNCC1)C1CCCC(C)(C)CC1. The summed E-state index contributed by atoms with van der Waals surface area (Å²) in [6.07, 6.45) is 9.84. The van der Waals surface area contributed by atoms with Crippen molar-refractivity contribution in [3.63, 3.8) is 0 Å². The fourth-order valence-corrected chi connectivity index (χ4v) is 4.12. The van der Waals surface area contributed by atoms with Crippen LogP contribution in [0.15, 0.2) is 0 Å². The first-order valence-corrected chi connectivity index (χ1v) is 8.94. The Hall–Kier alpha value is -0.0800. The molecule has 1 unspecified atom stereocenters. The van der Waals surface area contributed by atoms with Crippen molar-refractivity contribution in [1.82, 2.24) is 10.2 Å². The molecule has 0 aromatic heterocycles. The lowest BCUT2D eigenvalue weighted by atomic mass is 9.85. The Labute approximate surface area is 126 Å². The molecule has 2 nitrogen and oxygen atoms in total. The molecule has 1 atom stereocenters. The highest BCUT2D eigenvalue weighted by molar-refractivity contribution is 4.84. The maximum Gasteiger partial charge on any atom is 0.00982 e. The zero-order valence-corrected chi connectivity index (χ0v) is 14.3. The fraction of sp³-hybridized carbons (Fsp3) is 1.00. The van der Waals surface area contributed by atoms with Crippen LogP contribution >= 0.6 is 0 Å². The molecule has 1 heterocycles. The first kappa shape index (κ1) is 16.3. The molecule has 0 aromatic rings. The summed E-state index contributed by atoms with van der Waals surface area (Å²) in [5, 5.41) is 3.50. The third-order valence-corrected chi connectivity index (χ3v) is 5.61. The van der Waals surface area contributed by atoms with Gasteiger partial charge in [0.2, 0.25) is 0 Å². The number of nitrogens with zero attached hydrogens (tertiary/aromatic N) is 1. The van der Waals surface area contributed by atoms with Crippen molar-refractivity contribution in [2.75, 3.05) is 19.6 Å². The summed E-state index contributed by atoms with van der Waals surface area (Å²) in [5.41, 5.74) is 0.576. The Kier molecular flexibility index (Phi) is 5.92. The average molecular weight is 280 g/mol. The molecule has 20 heavy (non-hydrogen) atoms. The molecule has 1 aliphatic carbocycles. The molecule has 2 aliphatic rings. The molecule has 1 aliphatic heterocycles. The Bertz CT molecular complexity index is 279. The van der Waals surface area contributed by atoms with E-state index in [0.29, 0.717) is 11.5 Å². The zero-order chi connectivity index (χ0) is 14.6. The summed E-state index contributed by atoms with van der Waals surface area (Å²) in [7, 11) is 0. The molecule has 2 heteroatoms. The number of nitrogens with one attached hydrogen (secondary N) is 1. The van der Waals surface area contributed by atoms with Gasteiger partial charge < -0.3 is 5.32 Å². The van der Waals surface area contributed by atoms with Gasteiger partial charge in [0.25, 0.3) is 0 Å². The summed E-state index contributed by atoms with van der Waals surface area (Å²) in [4.78, 5) is 2.84. The van der Waals surface area contributed by atoms with Crippen LogP contribution in [-0.2, 0) is 0 Å². The van der Waals surface area contributed by atoms with Crippen LogP contribution in [0.1, 0.15) is 72.6 Å². The van der Waals surface area contributed by atoms with Crippen LogP contribution < -0.4 is 5.32 Å². The van der Waals surface area contributed by atoms with E-state index in [9.17, 15) is 0 Å². The second kappa shape index (κ2) is 7.26. The molecule has 1 N–H and O–H groups in total. The summed E-state index contributed by atoms with van der Waals surface area (Å²) in [6.45, 7) is 13.5. The number of hydrogen-bond acceptors (Lipinski definition) is 2. The minimum absolute atomic E-state index is 0.576. The van der Waals surface area contributed by atoms with Crippen LogP contribution in [-0.4, -0.2) is 36.6 Å². The standard InChI is InChI=1S/C18H36N2/c1-15(2)20(14-16-8-12-19-13-9-16)17-6-5-10-18(3,4)11-7-17/h15-17,19H,5-14H2,1-4H3. The largest absolute Gasteiger partial charge is 0.317 e. The summed E-state index contributed by atoms with van der Waals surface area (Å²) in [5.74, 6) is 0.926. The highest BCUT2D eigenvalue weighted by atomic mass is 15.2. The average Bonchev–Trinajstić information content (AvgIpc) is 2.58. The molecular formula is C18H36N2. The van der Waals surface area contributed by atoms with Gasteiger partial charge in [0.05, 0.1) is 0 Å². The van der Waals surface area contributed by atoms with Crippen LogP contribution in [0.3, 0.4) is 0 Å². The van der Waals surface area contributed by atoms with E-state index in [1.165, 1.54) is 64.6 Å². The normalized spacial score (nSPS) is 28.8. The molecule has 0 amide bonds. The molecule has 2 fully saturated rings. The van der Waals surface area contributed by atoms with Gasteiger partial charge in [0.15, 0.2) is 0 Å². The van der Waals surface area contributed by atoms with Gasteiger partial charge in [0.1, 0.15) is 0 Å². The summed E-state index contributed by atoms with van der Waals surface area (Å²) < 4.78 is 0. The van der Waals surface area contributed by atoms with Crippen LogP contribution in [0, 0.1) is 11.3 Å². The van der Waals surface area contributed by atoms with Crippen LogP contribution in [0.5, 0.6) is 0 Å². The molecule has 0 radical (unpaired) electrons. The molecular weight excluding hydrogens is 244 g/mol. The molecule has 1 saturated carbocycles. The highest BCUT2D eigenvalue weighted by Crippen LogP contribution is 2.36. The van der Waals surface area contributed by atoms with E-state index in [1.54, 1.807) is 0 Å². The Morgan fingerprint density at radius 2 is 1.75 bits per heavy atom. The van der Waals surface area contributed by atoms with Crippen molar-refractivity contribution in [1.29, 1.82) is 0 Å².